The number of thioether (sulfide) groups is 1. The Morgan fingerprint density at radius 2 is 1.60 bits per heavy atom. The minimum absolute atomic E-state index is 0. The first-order chi connectivity index (χ1) is 22.2. The normalized spacial score (nSPS) is 16.2. The molecule has 6 amide bonds. The molecule has 1 aliphatic heterocycles. The molecule has 1 heterocycles. The predicted octanol–water partition coefficient (Wildman–Crippen LogP) is 1.23. The van der Waals surface area contributed by atoms with E-state index in [1.165, 1.54) is 0 Å². The third-order valence-corrected chi connectivity index (χ3v) is 9.10. The van der Waals surface area contributed by atoms with Crippen molar-refractivity contribution in [3.63, 3.8) is 0 Å². The van der Waals surface area contributed by atoms with Gasteiger partial charge in [0.05, 0.1) is 11.9 Å². The second kappa shape index (κ2) is 31.7. The van der Waals surface area contributed by atoms with Gasteiger partial charge in [0.2, 0.25) is 29.5 Å². The molecule has 0 spiro atoms. The number of carbonyl (C=O) groups is 6. The molecule has 0 aromatic rings. The van der Waals surface area contributed by atoms with Crippen LogP contribution in [-0.4, -0.2) is 115 Å². The van der Waals surface area contributed by atoms with E-state index in [1.54, 1.807) is 7.11 Å². The molecule has 1 fully saturated rings. The third kappa shape index (κ3) is 26.2. The Morgan fingerprint density at radius 1 is 0.980 bits per heavy atom. The SMILES string of the molecule is COCCCCCC(=O)NC(CCCCNC(=O)CCCN1C(=O)CC(SC[C@H]([NH-])C(N)=O)C1=O)C(=O)NCCCCOP(C)(=O)O.[W].[Y].[Y]. The molecular weight excluding hydrogens is 1020 g/mol. The molecule has 50 heavy (non-hydrogen) atoms. The van der Waals surface area contributed by atoms with Crippen molar-refractivity contribution in [2.45, 2.75) is 94.4 Å². The van der Waals surface area contributed by atoms with Crippen LogP contribution in [0.15, 0.2) is 0 Å². The Hall–Kier alpha value is 0.336. The van der Waals surface area contributed by atoms with E-state index in [2.05, 4.69) is 16.0 Å². The van der Waals surface area contributed by atoms with Crippen molar-refractivity contribution in [2.24, 2.45) is 5.73 Å². The zero-order chi connectivity index (χ0) is 35.2. The summed E-state index contributed by atoms with van der Waals surface area (Å²) in [6.45, 7) is 2.58. The maximum absolute atomic E-state index is 12.8. The van der Waals surface area contributed by atoms with E-state index in [0.29, 0.717) is 58.2 Å². The summed E-state index contributed by atoms with van der Waals surface area (Å²) in [6, 6.07) is -1.90. The number of hydrogen-bond donors (Lipinski definition) is 5. The summed E-state index contributed by atoms with van der Waals surface area (Å²) in [7, 11) is -1.92. The van der Waals surface area contributed by atoms with Crippen molar-refractivity contribution in [3.05, 3.63) is 5.73 Å². The minimum atomic E-state index is -3.54. The number of nitrogens with one attached hydrogen (secondary N) is 4. The van der Waals surface area contributed by atoms with Crippen LogP contribution in [0, 0.1) is 0 Å². The minimum Gasteiger partial charge on any atom is -0.666 e. The number of primary amides is 1. The van der Waals surface area contributed by atoms with Crippen LogP contribution in [0.4, 0.5) is 0 Å². The van der Waals surface area contributed by atoms with Crippen molar-refractivity contribution >= 4 is 54.8 Å². The Labute approximate surface area is 364 Å². The van der Waals surface area contributed by atoms with Gasteiger partial charge in [0, 0.05) is 146 Å². The van der Waals surface area contributed by atoms with Gasteiger partial charge in [-0.1, -0.05) is 6.42 Å². The third-order valence-electron chi connectivity index (χ3n) is 7.14. The number of rotatable bonds is 27. The molecule has 1 aliphatic rings. The van der Waals surface area contributed by atoms with E-state index in [9.17, 15) is 38.2 Å². The zero-order valence-corrected chi connectivity index (χ0v) is 39.3. The fourth-order valence-electron chi connectivity index (χ4n) is 4.54. The van der Waals surface area contributed by atoms with Crippen molar-refractivity contribution in [2.75, 3.05) is 52.4 Å². The van der Waals surface area contributed by atoms with E-state index in [0.717, 1.165) is 36.2 Å². The number of ether oxygens (including phenoxy) is 1. The first-order valence-corrected chi connectivity index (χ1v) is 19.1. The Bertz CT molecular complexity index is 1100. The summed E-state index contributed by atoms with van der Waals surface area (Å²) < 4.78 is 21.0. The fourth-order valence-corrected chi connectivity index (χ4v) is 6.13. The van der Waals surface area contributed by atoms with Gasteiger partial charge in [0.15, 0.2) is 5.91 Å². The van der Waals surface area contributed by atoms with E-state index in [1.807, 2.05) is 0 Å². The Kier molecular flexibility index (Phi) is 34.6. The van der Waals surface area contributed by atoms with Gasteiger partial charge in [-0.3, -0.25) is 38.2 Å². The fraction of sp³-hybridized carbons (Fsp3) is 0.793. The standard InChI is InChI=1S/C29H52N6O10PS.W.2Y/c1-44-17-8-3-4-12-25(37)34-22(28(40)33-15-7-9-18-45-46(2,42)43)11-5-6-14-32-24(36)13-10-16-35-26(38)19-23(29(35)41)47-20-21(30)27(31)39;;;/h21-23,30H,3-20H2,1-2H3,(H2,31,39)(H,32,36)(H,33,40)(H,34,37)(H,42,43);;;/q-1;;;/t21-,22?,23?;;;/m0.../s1. The molecule has 0 saturated carbocycles. The van der Waals surface area contributed by atoms with Gasteiger partial charge in [-0.05, 0) is 63.2 Å². The quantitative estimate of drug-likeness (QED) is 0.0445. The molecular formula is C29H52N6O10PSWY2-. The molecule has 0 bridgehead atoms. The van der Waals surface area contributed by atoms with Crippen LogP contribution in [0.25, 0.3) is 5.73 Å². The molecule has 1 rings (SSSR count). The summed E-state index contributed by atoms with van der Waals surface area (Å²) in [4.78, 5) is 83.8. The van der Waals surface area contributed by atoms with Crippen molar-refractivity contribution in [1.82, 2.24) is 20.9 Å². The monoisotopic (exact) mass is 1070 g/mol. The molecule has 0 aliphatic carbocycles. The molecule has 3 unspecified atom stereocenters. The van der Waals surface area contributed by atoms with Gasteiger partial charge in [-0.15, -0.1) is 11.8 Å². The number of nitrogens with zero attached hydrogens (tertiary/aromatic N) is 1. The van der Waals surface area contributed by atoms with Gasteiger partial charge < -0.3 is 41.6 Å². The number of methoxy groups -OCH3 is 1. The summed E-state index contributed by atoms with van der Waals surface area (Å²) in [5.41, 5.74) is 12.6. The van der Waals surface area contributed by atoms with Crippen LogP contribution in [0.2, 0.25) is 0 Å². The Morgan fingerprint density at radius 3 is 2.24 bits per heavy atom. The van der Waals surface area contributed by atoms with Gasteiger partial charge in [0.25, 0.3) is 0 Å². The van der Waals surface area contributed by atoms with Crippen molar-refractivity contribution in [3.8, 4) is 0 Å². The topological polar surface area (TPSA) is 247 Å². The molecule has 4 atom stereocenters. The number of nitrogens with two attached hydrogens (primary N) is 1. The van der Waals surface area contributed by atoms with Crippen molar-refractivity contribution < 1.29 is 134 Å². The Balaban J connectivity index is -0.00000736. The number of carbonyl (C=O) groups excluding carboxylic acids is 6. The molecule has 7 N–H and O–H groups in total. The van der Waals surface area contributed by atoms with Gasteiger partial charge in [-0.2, -0.15) is 0 Å². The average Bonchev–Trinajstić information content (AvgIpc) is 3.27. The summed E-state index contributed by atoms with van der Waals surface area (Å²) in [5, 5.41) is 7.73. The maximum atomic E-state index is 12.8. The van der Waals surface area contributed by atoms with Gasteiger partial charge in [0.1, 0.15) is 6.04 Å². The number of hydrogen-bond acceptors (Lipinski definition) is 10. The summed E-state index contributed by atoms with van der Waals surface area (Å²) >= 11 is 1.06. The van der Waals surface area contributed by atoms with Crippen LogP contribution in [0.3, 0.4) is 0 Å². The number of amides is 6. The smallest absolute Gasteiger partial charge is 0.325 e. The molecule has 1 saturated heterocycles. The maximum Gasteiger partial charge on any atom is 0.325 e. The van der Waals surface area contributed by atoms with Crippen molar-refractivity contribution in [1.29, 1.82) is 0 Å². The van der Waals surface area contributed by atoms with Crippen LogP contribution >= 0.6 is 19.4 Å². The molecule has 0 aromatic carbocycles. The van der Waals surface area contributed by atoms with E-state index in [4.69, 9.17) is 20.7 Å². The first-order valence-electron chi connectivity index (χ1n) is 16.0. The summed E-state index contributed by atoms with van der Waals surface area (Å²) in [6.07, 6.45) is 5.48. The average molecular weight is 1070 g/mol. The molecule has 0 aromatic heterocycles. The molecule has 21 heteroatoms. The molecule has 282 valence electrons. The van der Waals surface area contributed by atoms with E-state index < -0.39 is 36.7 Å². The largest absolute Gasteiger partial charge is 0.666 e. The molecule has 16 nitrogen and oxygen atoms in total. The van der Waals surface area contributed by atoms with Crippen LogP contribution in [0.1, 0.15) is 77.0 Å². The number of imide groups is 1. The number of unbranched alkanes of at least 4 members (excludes halogenated alkanes) is 4. The predicted molar refractivity (Wildman–Crippen MR) is 177 cm³/mol. The van der Waals surface area contributed by atoms with Crippen LogP contribution in [-0.2, 0) is 129 Å². The first kappa shape index (κ1) is 54.7. The van der Waals surface area contributed by atoms with E-state index in [-0.39, 0.29) is 155 Å². The summed E-state index contributed by atoms with van der Waals surface area (Å²) in [5.74, 6) is -2.31. The van der Waals surface area contributed by atoms with Gasteiger partial charge >= 0.3 is 7.60 Å². The van der Waals surface area contributed by atoms with Gasteiger partial charge in [-0.25, -0.2) is 0 Å². The second-order valence-electron chi connectivity index (χ2n) is 11.4. The van der Waals surface area contributed by atoms with Crippen LogP contribution < -0.4 is 21.7 Å². The van der Waals surface area contributed by atoms with E-state index >= 15 is 0 Å². The molecule has 2 radical (unpaired) electrons. The zero-order valence-electron chi connectivity index (χ0n) is 29.0. The number of likely N-dealkylation sites (tertiary alicyclic amines) is 1. The van der Waals surface area contributed by atoms with Crippen LogP contribution in [0.5, 0.6) is 0 Å². The second-order valence-corrected chi connectivity index (χ2v) is 14.5.